The van der Waals surface area contributed by atoms with Gasteiger partial charge in [-0.3, -0.25) is 20.6 Å². The quantitative estimate of drug-likeness (QED) is 0.679. The monoisotopic (exact) mass is 276 g/mol. The molecule has 1 amide bonds. The average Bonchev–Trinajstić information content (AvgIpc) is 2.76. The van der Waals surface area contributed by atoms with Gasteiger partial charge in [0.25, 0.3) is 0 Å². The van der Waals surface area contributed by atoms with Gasteiger partial charge in [-0.05, 0) is 50.3 Å². The summed E-state index contributed by atoms with van der Waals surface area (Å²) >= 11 is 0. The van der Waals surface area contributed by atoms with Crippen molar-refractivity contribution in [1.82, 2.24) is 21.2 Å². The lowest BCUT2D eigenvalue weighted by Crippen LogP contribution is -2.30. The van der Waals surface area contributed by atoms with Crippen molar-refractivity contribution in [2.75, 3.05) is 6.54 Å². The number of rotatable bonds is 6. The second kappa shape index (κ2) is 7.36. The van der Waals surface area contributed by atoms with Crippen molar-refractivity contribution in [2.24, 2.45) is 5.92 Å². The number of hydrogen-bond acceptors (Lipinski definition) is 4. The van der Waals surface area contributed by atoms with Gasteiger partial charge in [0, 0.05) is 31.0 Å². The number of nitrogens with one attached hydrogen (secondary N) is 3. The van der Waals surface area contributed by atoms with Crippen LogP contribution in [-0.4, -0.2) is 29.5 Å². The highest BCUT2D eigenvalue weighted by molar-refractivity contribution is 5.78. The van der Waals surface area contributed by atoms with Gasteiger partial charge in [0.05, 0.1) is 6.42 Å². The van der Waals surface area contributed by atoms with E-state index in [0.29, 0.717) is 24.4 Å². The Labute approximate surface area is 120 Å². The molecule has 20 heavy (non-hydrogen) atoms. The zero-order valence-corrected chi connectivity index (χ0v) is 12.2. The van der Waals surface area contributed by atoms with Crippen LogP contribution in [-0.2, 0) is 11.2 Å². The van der Waals surface area contributed by atoms with Gasteiger partial charge in [0.15, 0.2) is 0 Å². The third-order valence-electron chi connectivity index (χ3n) is 3.97. The minimum absolute atomic E-state index is 0.0833. The first kappa shape index (κ1) is 14.9. The summed E-state index contributed by atoms with van der Waals surface area (Å²) in [6.45, 7) is 5.15. The van der Waals surface area contributed by atoms with Crippen molar-refractivity contribution in [3.8, 4) is 0 Å². The predicted molar refractivity (Wildman–Crippen MR) is 78.9 cm³/mol. The summed E-state index contributed by atoms with van der Waals surface area (Å²) in [5, 5.41) is 2.98. The Balaban J connectivity index is 1.62. The summed E-state index contributed by atoms with van der Waals surface area (Å²) in [4.78, 5) is 15.7. The smallest absolute Gasteiger partial charge is 0.224 e. The van der Waals surface area contributed by atoms with Crippen LogP contribution >= 0.6 is 0 Å². The molecule has 3 N–H and O–H groups in total. The third-order valence-corrected chi connectivity index (χ3v) is 3.97. The molecule has 2 unspecified atom stereocenters. The molecule has 0 spiro atoms. The summed E-state index contributed by atoms with van der Waals surface area (Å²) in [6, 6.07) is 4.74. The fourth-order valence-corrected chi connectivity index (χ4v) is 2.72. The van der Waals surface area contributed by atoms with E-state index in [2.05, 4.69) is 35.0 Å². The molecule has 5 nitrogen and oxygen atoms in total. The topological polar surface area (TPSA) is 66.0 Å². The Morgan fingerprint density at radius 2 is 1.90 bits per heavy atom. The van der Waals surface area contributed by atoms with Gasteiger partial charge in [-0.2, -0.15) is 0 Å². The number of carbonyl (C=O) groups excluding carboxylic acids is 1. The Morgan fingerprint density at radius 3 is 2.55 bits per heavy atom. The lowest BCUT2D eigenvalue weighted by Gasteiger charge is -2.17. The molecule has 0 saturated carbocycles. The van der Waals surface area contributed by atoms with E-state index < -0.39 is 0 Å². The molecule has 1 aromatic heterocycles. The highest BCUT2D eigenvalue weighted by Crippen LogP contribution is 2.19. The normalized spacial score (nSPS) is 25.6. The van der Waals surface area contributed by atoms with Crippen LogP contribution in [0.5, 0.6) is 0 Å². The Bertz CT molecular complexity index is 413. The maximum atomic E-state index is 11.8. The maximum Gasteiger partial charge on any atom is 0.224 e. The lowest BCUT2D eigenvalue weighted by atomic mass is 9.92. The first-order chi connectivity index (χ1) is 9.66. The Morgan fingerprint density at radius 1 is 1.25 bits per heavy atom. The Kier molecular flexibility index (Phi) is 5.49. The van der Waals surface area contributed by atoms with Crippen molar-refractivity contribution in [3.63, 3.8) is 0 Å². The third kappa shape index (κ3) is 4.28. The van der Waals surface area contributed by atoms with E-state index in [4.69, 9.17) is 0 Å². The summed E-state index contributed by atoms with van der Waals surface area (Å²) in [5.41, 5.74) is 7.52. The molecule has 0 aromatic carbocycles. The molecule has 0 aliphatic carbocycles. The van der Waals surface area contributed by atoms with Crippen LogP contribution in [0.15, 0.2) is 24.5 Å². The molecule has 5 heteroatoms. The summed E-state index contributed by atoms with van der Waals surface area (Å²) < 4.78 is 0. The van der Waals surface area contributed by atoms with Gasteiger partial charge in [0.1, 0.15) is 0 Å². The van der Waals surface area contributed by atoms with Crippen molar-refractivity contribution < 1.29 is 4.79 Å². The van der Waals surface area contributed by atoms with E-state index in [-0.39, 0.29) is 5.91 Å². The van der Waals surface area contributed by atoms with Crippen LogP contribution in [0.25, 0.3) is 0 Å². The highest BCUT2D eigenvalue weighted by atomic mass is 16.1. The maximum absolute atomic E-state index is 11.8. The summed E-state index contributed by atoms with van der Waals surface area (Å²) in [6.07, 6.45) is 6.00. The molecule has 110 valence electrons. The number of nitrogens with zero attached hydrogens (tertiary/aromatic N) is 1. The molecule has 1 fully saturated rings. The van der Waals surface area contributed by atoms with Crippen LogP contribution in [0.1, 0.15) is 32.3 Å². The standard InChI is InChI=1S/C15H24N4O/c1-11-14(12(2)19-18-11)4-3-7-17-15(20)10-13-5-8-16-9-6-13/h5-6,8-9,11-12,14,18-19H,3-4,7,10H2,1-2H3,(H,17,20). The number of hydrazine groups is 1. The number of aromatic nitrogens is 1. The molecule has 2 atom stereocenters. The van der Waals surface area contributed by atoms with Gasteiger partial charge >= 0.3 is 0 Å². The number of carbonyl (C=O) groups is 1. The molecule has 0 bridgehead atoms. The average molecular weight is 276 g/mol. The molecular weight excluding hydrogens is 252 g/mol. The van der Waals surface area contributed by atoms with Crippen LogP contribution in [0.4, 0.5) is 0 Å². The molecule has 2 heterocycles. The first-order valence-corrected chi connectivity index (χ1v) is 7.33. The second-order valence-corrected chi connectivity index (χ2v) is 5.55. The first-order valence-electron chi connectivity index (χ1n) is 7.33. The van der Waals surface area contributed by atoms with E-state index >= 15 is 0 Å². The van der Waals surface area contributed by atoms with E-state index in [1.807, 2.05) is 12.1 Å². The van der Waals surface area contributed by atoms with E-state index in [1.54, 1.807) is 12.4 Å². The van der Waals surface area contributed by atoms with Crippen molar-refractivity contribution in [2.45, 2.75) is 45.2 Å². The lowest BCUT2D eigenvalue weighted by molar-refractivity contribution is -0.120. The minimum Gasteiger partial charge on any atom is -0.356 e. The van der Waals surface area contributed by atoms with Crippen molar-refractivity contribution in [3.05, 3.63) is 30.1 Å². The second-order valence-electron chi connectivity index (χ2n) is 5.55. The van der Waals surface area contributed by atoms with Crippen molar-refractivity contribution in [1.29, 1.82) is 0 Å². The highest BCUT2D eigenvalue weighted by Gasteiger charge is 2.28. The molecular formula is C15H24N4O. The van der Waals surface area contributed by atoms with Crippen LogP contribution in [0.2, 0.25) is 0 Å². The largest absolute Gasteiger partial charge is 0.356 e. The van der Waals surface area contributed by atoms with Gasteiger partial charge in [-0.15, -0.1) is 0 Å². The summed E-state index contributed by atoms with van der Waals surface area (Å²) in [7, 11) is 0. The van der Waals surface area contributed by atoms with Crippen LogP contribution in [0.3, 0.4) is 0 Å². The van der Waals surface area contributed by atoms with Gasteiger partial charge in [-0.1, -0.05) is 0 Å². The van der Waals surface area contributed by atoms with Gasteiger partial charge < -0.3 is 5.32 Å². The minimum atomic E-state index is 0.0833. The molecule has 1 aromatic rings. The number of amides is 1. The van der Waals surface area contributed by atoms with Crippen molar-refractivity contribution >= 4 is 5.91 Å². The Hall–Kier alpha value is -1.46. The number of hydrogen-bond donors (Lipinski definition) is 3. The molecule has 2 rings (SSSR count). The van der Waals surface area contributed by atoms with E-state index in [0.717, 1.165) is 24.9 Å². The fraction of sp³-hybridized carbons (Fsp3) is 0.600. The summed E-state index contributed by atoms with van der Waals surface area (Å²) in [5.74, 6) is 0.715. The molecule has 1 saturated heterocycles. The molecule has 1 aliphatic heterocycles. The van der Waals surface area contributed by atoms with Gasteiger partial charge in [0.2, 0.25) is 5.91 Å². The van der Waals surface area contributed by atoms with Crippen LogP contribution in [0, 0.1) is 5.92 Å². The SMILES string of the molecule is CC1NNC(C)C1CCCNC(=O)Cc1ccncc1. The predicted octanol–water partition coefficient (Wildman–Crippen LogP) is 1.02. The molecule has 0 radical (unpaired) electrons. The fourth-order valence-electron chi connectivity index (χ4n) is 2.72. The number of pyridine rings is 1. The van der Waals surface area contributed by atoms with E-state index in [9.17, 15) is 4.79 Å². The van der Waals surface area contributed by atoms with Gasteiger partial charge in [-0.25, -0.2) is 0 Å². The zero-order chi connectivity index (χ0) is 14.4. The van der Waals surface area contributed by atoms with E-state index in [1.165, 1.54) is 0 Å². The van der Waals surface area contributed by atoms with Crippen LogP contribution < -0.4 is 16.2 Å². The molecule has 1 aliphatic rings. The zero-order valence-electron chi connectivity index (χ0n) is 12.2.